The minimum atomic E-state index is -0.947. The molecule has 5 heterocycles. The zero-order valence-corrected chi connectivity index (χ0v) is 53.5. The third kappa shape index (κ3) is 17.9. The summed E-state index contributed by atoms with van der Waals surface area (Å²) in [5.41, 5.74) is 5.89. The number of amides is 8. The number of nitrogens with zero attached hydrogens (tertiary/aromatic N) is 5. The maximum atomic E-state index is 14.2. The number of fused-ring (bicyclic) bond motifs is 4. The van der Waals surface area contributed by atoms with Crippen molar-refractivity contribution in [3.8, 4) is 28.7 Å². The van der Waals surface area contributed by atoms with Crippen LogP contribution >= 0.6 is 0 Å². The molecule has 5 aliphatic rings. The van der Waals surface area contributed by atoms with Crippen molar-refractivity contribution in [2.75, 3.05) is 106 Å². The number of nitrogens with one attached hydrogen (secondary N) is 4. The molecule has 0 aromatic heterocycles. The Bertz CT molecular complexity index is 3570. The van der Waals surface area contributed by atoms with Gasteiger partial charge in [-0.2, -0.15) is 0 Å². The fraction of sp³-hybridized carbons (Fsp3) is 0.412. The van der Waals surface area contributed by atoms with Crippen LogP contribution in [-0.2, 0) is 47.7 Å². The summed E-state index contributed by atoms with van der Waals surface area (Å²) in [4.78, 5) is 116. The van der Waals surface area contributed by atoms with Gasteiger partial charge in [0.15, 0.2) is 23.0 Å². The molecule has 0 aliphatic carbocycles. The van der Waals surface area contributed by atoms with Gasteiger partial charge in [-0.3, -0.25) is 53.2 Å². The van der Waals surface area contributed by atoms with E-state index in [2.05, 4.69) is 21.3 Å². The SMILES string of the molecule is COc1ccc(C2=CN3C(=O)c4cc(OC)c(OCCCOc5cc6c(cc5OC)C(=O)N5C=C(c7ccc(NC(=O)[C@H](C)NC(=O)C(NC(=O)CCOCCOCCOCCOCCNC(=O)CCN8C(=O)C=CC8=O)C(C)C)cc7)C[C@H]5C=N6)cc4N=CC3C2)cc1. The fourth-order valence-corrected chi connectivity index (χ4v) is 10.7. The van der Waals surface area contributed by atoms with E-state index in [0.29, 0.717) is 96.9 Å². The number of methoxy groups -OCH3 is 3. The van der Waals surface area contributed by atoms with Gasteiger partial charge in [0.05, 0.1) is 122 Å². The van der Waals surface area contributed by atoms with Crippen LogP contribution in [0.25, 0.3) is 11.1 Å². The zero-order valence-electron chi connectivity index (χ0n) is 53.5. The highest BCUT2D eigenvalue weighted by Gasteiger charge is 2.36. The van der Waals surface area contributed by atoms with Gasteiger partial charge in [0, 0.05) is 100.0 Å². The maximum absolute atomic E-state index is 14.2. The van der Waals surface area contributed by atoms with E-state index in [0.717, 1.165) is 32.9 Å². The van der Waals surface area contributed by atoms with E-state index in [-0.39, 0.29) is 101 Å². The first kappa shape index (κ1) is 68.6. The Labute approximate surface area is 544 Å². The molecular formula is C68H79N9O17. The third-order valence-electron chi connectivity index (χ3n) is 15.9. The lowest BCUT2D eigenvalue weighted by Gasteiger charge is -2.24. The first-order chi connectivity index (χ1) is 45.5. The van der Waals surface area contributed by atoms with Crippen molar-refractivity contribution in [3.63, 3.8) is 0 Å². The Hall–Kier alpha value is -9.76. The Kier molecular flexibility index (Phi) is 24.2. The second-order valence-corrected chi connectivity index (χ2v) is 22.7. The Morgan fingerprint density at radius 2 is 1.05 bits per heavy atom. The van der Waals surface area contributed by atoms with Crippen molar-refractivity contribution in [1.29, 1.82) is 0 Å². The molecule has 26 heteroatoms. The van der Waals surface area contributed by atoms with E-state index >= 15 is 0 Å². The van der Waals surface area contributed by atoms with Crippen LogP contribution in [0.4, 0.5) is 17.1 Å². The molecule has 0 spiro atoms. The number of benzene rings is 4. The van der Waals surface area contributed by atoms with Gasteiger partial charge in [0.1, 0.15) is 17.8 Å². The monoisotopic (exact) mass is 1290 g/mol. The molecule has 0 saturated carbocycles. The third-order valence-corrected chi connectivity index (χ3v) is 15.9. The first-order valence-electron chi connectivity index (χ1n) is 31.1. The van der Waals surface area contributed by atoms with Gasteiger partial charge in [-0.15, -0.1) is 0 Å². The summed E-state index contributed by atoms with van der Waals surface area (Å²) in [6, 6.07) is 19.1. The zero-order chi connectivity index (χ0) is 66.7. The molecule has 498 valence electrons. The number of carbonyl (C=O) groups excluding carboxylic acids is 8. The van der Waals surface area contributed by atoms with E-state index in [1.54, 1.807) is 92.7 Å². The van der Waals surface area contributed by atoms with E-state index in [4.69, 9.17) is 52.6 Å². The molecule has 26 nitrogen and oxygen atoms in total. The van der Waals surface area contributed by atoms with Gasteiger partial charge < -0.3 is 73.7 Å². The van der Waals surface area contributed by atoms with Crippen LogP contribution < -0.4 is 45.0 Å². The first-order valence-corrected chi connectivity index (χ1v) is 31.1. The van der Waals surface area contributed by atoms with Crippen LogP contribution in [0, 0.1) is 5.92 Å². The molecule has 94 heavy (non-hydrogen) atoms. The van der Waals surface area contributed by atoms with Crippen LogP contribution in [0.2, 0.25) is 0 Å². The lowest BCUT2D eigenvalue weighted by molar-refractivity contribution is -0.137. The molecular weight excluding hydrogens is 1210 g/mol. The Morgan fingerprint density at radius 1 is 0.553 bits per heavy atom. The molecule has 0 fully saturated rings. The summed E-state index contributed by atoms with van der Waals surface area (Å²) >= 11 is 0. The summed E-state index contributed by atoms with van der Waals surface area (Å²) < 4.78 is 51.0. The van der Waals surface area contributed by atoms with Crippen molar-refractivity contribution in [1.82, 2.24) is 30.7 Å². The largest absolute Gasteiger partial charge is 0.497 e. The van der Waals surface area contributed by atoms with Crippen LogP contribution in [0.3, 0.4) is 0 Å². The predicted molar refractivity (Wildman–Crippen MR) is 347 cm³/mol. The minimum Gasteiger partial charge on any atom is -0.497 e. The standard InChI is InChI=1S/C68H79N9O17/c1-42(2)64(74-61(79)19-24-89-26-28-91-30-31-92-29-27-90-25-20-69-60(78)18-21-75-62(80)16-17-63(75)81)66(83)72-43(3)65(82)73-48-12-8-44(9-13-48)46-32-49-38-70-54-36-58(56(87-5)34-52(54)67(84)76(49)40-46)93-22-7-23-94-59-37-55-53(35-57(59)88-6)68(85)77-41-47(33-50(77)39-71-55)45-10-14-51(86-4)15-11-45/h8-17,34-43,49-50,64H,7,18-33H2,1-6H3,(H,69,78)(H,72,83)(H,73,82)(H,74,79)/t43-,49-,50?,64?/m0/s1. The number of hydrogen-bond acceptors (Lipinski definition) is 19. The number of hydrogen-bond donors (Lipinski definition) is 4. The van der Waals surface area contributed by atoms with E-state index in [9.17, 15) is 38.4 Å². The van der Waals surface area contributed by atoms with Crippen molar-refractivity contribution in [2.24, 2.45) is 15.9 Å². The van der Waals surface area contributed by atoms with Crippen molar-refractivity contribution in [3.05, 3.63) is 120 Å². The number of imide groups is 1. The molecule has 2 unspecified atom stereocenters. The molecule has 0 radical (unpaired) electrons. The molecule has 4 N–H and O–H groups in total. The number of carbonyl (C=O) groups is 8. The van der Waals surface area contributed by atoms with Crippen molar-refractivity contribution < 1.29 is 81.0 Å². The summed E-state index contributed by atoms with van der Waals surface area (Å²) in [5.74, 6) is -0.922. The van der Waals surface area contributed by atoms with Crippen LogP contribution in [0.1, 0.15) is 84.7 Å². The van der Waals surface area contributed by atoms with Crippen molar-refractivity contribution >= 4 is 87.9 Å². The van der Waals surface area contributed by atoms with Crippen LogP contribution in [0.15, 0.2) is 107 Å². The summed E-state index contributed by atoms with van der Waals surface area (Å²) in [6.45, 7) is 8.05. The highest BCUT2D eigenvalue weighted by Crippen LogP contribution is 2.42. The number of anilines is 1. The van der Waals surface area contributed by atoms with E-state index < -0.39 is 41.6 Å². The van der Waals surface area contributed by atoms with E-state index in [1.165, 1.54) is 26.4 Å². The molecule has 5 aliphatic heterocycles. The molecule has 9 rings (SSSR count). The molecule has 8 amide bonds. The highest BCUT2D eigenvalue weighted by molar-refractivity contribution is 6.13. The van der Waals surface area contributed by atoms with E-state index in [1.807, 2.05) is 42.6 Å². The second kappa shape index (κ2) is 33.2. The average Bonchev–Trinajstić information content (AvgIpc) is 1.62. The summed E-state index contributed by atoms with van der Waals surface area (Å²) in [6.07, 6.45) is 11.1. The smallest absolute Gasteiger partial charge is 0.260 e. The number of rotatable bonds is 35. The summed E-state index contributed by atoms with van der Waals surface area (Å²) in [5, 5.41) is 11.0. The molecule has 4 aromatic rings. The normalized spacial score (nSPS) is 16.7. The molecule has 0 bridgehead atoms. The lowest BCUT2D eigenvalue weighted by Crippen LogP contribution is -2.53. The van der Waals surface area contributed by atoms with Gasteiger partial charge >= 0.3 is 0 Å². The van der Waals surface area contributed by atoms with Crippen LogP contribution in [-0.4, -0.2) is 199 Å². The summed E-state index contributed by atoms with van der Waals surface area (Å²) in [7, 11) is 4.64. The van der Waals surface area contributed by atoms with Crippen molar-refractivity contribution in [2.45, 2.75) is 77.0 Å². The number of ether oxygens (including phenoxy) is 9. The Balaban J connectivity index is 0.649. The fourth-order valence-electron chi connectivity index (χ4n) is 10.7. The predicted octanol–water partition coefficient (Wildman–Crippen LogP) is 5.98. The highest BCUT2D eigenvalue weighted by atomic mass is 16.6. The topological polar surface area (TPSA) is 302 Å². The minimum absolute atomic E-state index is 0.000774. The number of aliphatic imine (C=N–C) groups is 2. The second-order valence-electron chi connectivity index (χ2n) is 22.7. The van der Waals surface area contributed by atoms with Gasteiger partial charge in [-0.1, -0.05) is 38.1 Å². The quantitative estimate of drug-likeness (QED) is 0.0304. The molecule has 0 saturated heterocycles. The average molecular weight is 1290 g/mol. The van der Waals surface area contributed by atoms with Gasteiger partial charge in [0.2, 0.25) is 23.6 Å². The van der Waals surface area contributed by atoms with Crippen LogP contribution in [0.5, 0.6) is 28.7 Å². The van der Waals surface area contributed by atoms with Gasteiger partial charge in [0.25, 0.3) is 23.6 Å². The molecule has 4 aromatic carbocycles. The Morgan fingerprint density at radius 3 is 1.55 bits per heavy atom. The lowest BCUT2D eigenvalue weighted by atomic mass is 10.0. The van der Waals surface area contributed by atoms with Gasteiger partial charge in [-0.25, -0.2) is 0 Å². The molecule has 4 atom stereocenters. The maximum Gasteiger partial charge on any atom is 0.260 e. The van der Waals surface area contributed by atoms with Gasteiger partial charge in [-0.05, 0) is 71.5 Å².